The molecule has 0 aliphatic heterocycles. The zero-order valence-corrected chi connectivity index (χ0v) is 16.2. The van der Waals surface area contributed by atoms with E-state index < -0.39 is 5.91 Å². The fraction of sp³-hybridized carbons (Fsp3) is 0.0417. The van der Waals surface area contributed by atoms with Crippen LogP contribution in [0.25, 0.3) is 11.3 Å². The van der Waals surface area contributed by atoms with Crippen molar-refractivity contribution in [1.82, 2.24) is 9.97 Å². The van der Waals surface area contributed by atoms with Crippen molar-refractivity contribution in [2.24, 2.45) is 5.73 Å². The number of nitrogens with two attached hydrogens (primary N) is 1. The van der Waals surface area contributed by atoms with Crippen LogP contribution in [0.2, 0.25) is 0 Å². The highest BCUT2D eigenvalue weighted by atomic mass is 16.5. The molecule has 1 aromatic heterocycles. The Labute approximate surface area is 174 Å². The molecular weight excluding hydrogens is 376 g/mol. The Balaban J connectivity index is 1.54. The van der Waals surface area contributed by atoms with Gasteiger partial charge in [0.15, 0.2) is 0 Å². The molecule has 4 rings (SSSR count). The number of carbonyl (C=O) groups excluding carboxylic acids is 1. The average Bonchev–Trinajstić information content (AvgIpc) is 2.79. The zero-order valence-electron chi connectivity index (χ0n) is 16.2. The molecule has 6 heteroatoms. The third kappa shape index (κ3) is 4.62. The first-order valence-electron chi connectivity index (χ1n) is 9.44. The van der Waals surface area contributed by atoms with Gasteiger partial charge in [0.2, 0.25) is 5.91 Å². The molecule has 1 heterocycles. The van der Waals surface area contributed by atoms with Crippen LogP contribution >= 0.6 is 0 Å². The number of ether oxygens (including phenoxy) is 1. The molecule has 30 heavy (non-hydrogen) atoms. The summed E-state index contributed by atoms with van der Waals surface area (Å²) in [6, 6.07) is 26.5. The van der Waals surface area contributed by atoms with Gasteiger partial charge in [0.1, 0.15) is 24.5 Å². The molecule has 4 aromatic rings. The van der Waals surface area contributed by atoms with E-state index in [0.29, 0.717) is 18.0 Å². The molecular formula is C24H20N4O2. The van der Waals surface area contributed by atoms with Gasteiger partial charge >= 0.3 is 0 Å². The van der Waals surface area contributed by atoms with Gasteiger partial charge in [0, 0.05) is 22.9 Å². The second kappa shape index (κ2) is 8.87. The summed E-state index contributed by atoms with van der Waals surface area (Å²) in [5, 5.41) is 3.21. The molecule has 0 saturated carbocycles. The molecule has 6 nitrogen and oxygen atoms in total. The second-order valence-electron chi connectivity index (χ2n) is 6.63. The predicted octanol–water partition coefficient (Wildman–Crippen LogP) is 4.57. The monoisotopic (exact) mass is 396 g/mol. The summed E-state index contributed by atoms with van der Waals surface area (Å²) in [5.74, 6) is 0.916. The van der Waals surface area contributed by atoms with Gasteiger partial charge in [-0.15, -0.1) is 0 Å². The Kier molecular flexibility index (Phi) is 5.66. The van der Waals surface area contributed by atoms with Crippen molar-refractivity contribution in [2.45, 2.75) is 6.61 Å². The van der Waals surface area contributed by atoms with Gasteiger partial charge in [-0.1, -0.05) is 42.5 Å². The van der Waals surface area contributed by atoms with Gasteiger partial charge in [-0.05, 0) is 42.0 Å². The summed E-state index contributed by atoms with van der Waals surface area (Å²) in [4.78, 5) is 19.9. The van der Waals surface area contributed by atoms with Crippen molar-refractivity contribution in [3.63, 3.8) is 0 Å². The molecule has 1 amide bonds. The Morgan fingerprint density at radius 3 is 2.40 bits per heavy atom. The summed E-state index contributed by atoms with van der Waals surface area (Å²) < 4.78 is 6.05. The van der Waals surface area contributed by atoms with E-state index in [2.05, 4.69) is 15.3 Å². The normalized spacial score (nSPS) is 10.4. The Hall–Kier alpha value is -4.19. The van der Waals surface area contributed by atoms with Gasteiger partial charge in [-0.3, -0.25) is 4.79 Å². The van der Waals surface area contributed by atoms with Crippen molar-refractivity contribution < 1.29 is 9.53 Å². The van der Waals surface area contributed by atoms with Crippen molar-refractivity contribution >= 4 is 17.4 Å². The fourth-order valence-corrected chi connectivity index (χ4v) is 2.98. The van der Waals surface area contributed by atoms with Crippen LogP contribution in [0, 0.1) is 0 Å². The molecule has 0 saturated heterocycles. The SMILES string of the molecule is NC(=O)c1ccc(Nc2cc(-c3ccccc3OCc3ccccc3)ncn2)cc1. The van der Waals surface area contributed by atoms with Gasteiger partial charge in [0.05, 0.1) is 5.69 Å². The van der Waals surface area contributed by atoms with E-state index >= 15 is 0 Å². The topological polar surface area (TPSA) is 90.1 Å². The number of nitrogens with one attached hydrogen (secondary N) is 1. The zero-order chi connectivity index (χ0) is 20.8. The minimum atomic E-state index is -0.460. The first-order valence-corrected chi connectivity index (χ1v) is 9.44. The predicted molar refractivity (Wildman–Crippen MR) is 116 cm³/mol. The second-order valence-corrected chi connectivity index (χ2v) is 6.63. The number of nitrogens with zero attached hydrogens (tertiary/aromatic N) is 2. The number of primary amides is 1. The summed E-state index contributed by atoms with van der Waals surface area (Å²) in [6.07, 6.45) is 1.50. The van der Waals surface area contributed by atoms with E-state index in [1.165, 1.54) is 6.33 Å². The summed E-state index contributed by atoms with van der Waals surface area (Å²) >= 11 is 0. The number of aromatic nitrogens is 2. The summed E-state index contributed by atoms with van der Waals surface area (Å²) in [6.45, 7) is 0.472. The number of amides is 1. The molecule has 0 fully saturated rings. The maximum Gasteiger partial charge on any atom is 0.248 e. The minimum Gasteiger partial charge on any atom is -0.488 e. The van der Waals surface area contributed by atoms with Crippen LogP contribution in [-0.4, -0.2) is 15.9 Å². The first-order chi connectivity index (χ1) is 14.7. The standard InChI is InChI=1S/C24H20N4O2/c25-24(29)18-10-12-19(13-11-18)28-23-14-21(26-16-27-23)20-8-4-5-9-22(20)30-15-17-6-2-1-3-7-17/h1-14,16H,15H2,(H2,25,29)(H,26,27,28). The quantitative estimate of drug-likeness (QED) is 0.478. The van der Waals surface area contributed by atoms with Crippen molar-refractivity contribution in [1.29, 1.82) is 0 Å². The van der Waals surface area contributed by atoms with Crippen LogP contribution in [0.15, 0.2) is 91.3 Å². The average molecular weight is 396 g/mol. The lowest BCUT2D eigenvalue weighted by Gasteiger charge is -2.12. The van der Waals surface area contributed by atoms with Crippen LogP contribution < -0.4 is 15.8 Å². The molecule has 3 aromatic carbocycles. The minimum absolute atomic E-state index is 0.452. The van der Waals surface area contributed by atoms with Crippen LogP contribution in [-0.2, 0) is 6.61 Å². The van der Waals surface area contributed by atoms with Gasteiger partial charge in [-0.2, -0.15) is 0 Å². The molecule has 0 bridgehead atoms. The lowest BCUT2D eigenvalue weighted by molar-refractivity contribution is 0.100. The van der Waals surface area contributed by atoms with Crippen LogP contribution in [0.4, 0.5) is 11.5 Å². The molecule has 0 spiro atoms. The number of hydrogen-bond acceptors (Lipinski definition) is 5. The van der Waals surface area contributed by atoms with E-state index in [-0.39, 0.29) is 0 Å². The highest BCUT2D eigenvalue weighted by Crippen LogP contribution is 2.30. The summed E-state index contributed by atoms with van der Waals surface area (Å²) in [5.41, 5.74) is 9.24. The highest BCUT2D eigenvalue weighted by molar-refractivity contribution is 5.93. The van der Waals surface area contributed by atoms with Gasteiger partial charge in [-0.25, -0.2) is 9.97 Å². The van der Waals surface area contributed by atoms with Crippen LogP contribution in [0.1, 0.15) is 15.9 Å². The Bertz CT molecular complexity index is 1150. The third-order valence-corrected chi connectivity index (χ3v) is 4.51. The van der Waals surface area contributed by atoms with Crippen molar-refractivity contribution in [3.8, 4) is 17.0 Å². The molecule has 0 radical (unpaired) electrons. The maximum absolute atomic E-state index is 11.2. The van der Waals surface area contributed by atoms with Crippen molar-refractivity contribution in [2.75, 3.05) is 5.32 Å². The Morgan fingerprint density at radius 2 is 1.63 bits per heavy atom. The molecule has 0 aliphatic carbocycles. The number of carbonyl (C=O) groups is 1. The van der Waals surface area contributed by atoms with Gasteiger partial charge in [0.25, 0.3) is 0 Å². The number of rotatable bonds is 7. The van der Waals surface area contributed by atoms with E-state index in [9.17, 15) is 4.79 Å². The highest BCUT2D eigenvalue weighted by Gasteiger charge is 2.09. The number of para-hydroxylation sites is 1. The molecule has 0 unspecified atom stereocenters. The van der Waals surface area contributed by atoms with E-state index in [0.717, 1.165) is 28.3 Å². The summed E-state index contributed by atoms with van der Waals surface area (Å²) in [7, 11) is 0. The smallest absolute Gasteiger partial charge is 0.248 e. The Morgan fingerprint density at radius 1 is 0.900 bits per heavy atom. The lowest BCUT2D eigenvalue weighted by atomic mass is 10.1. The maximum atomic E-state index is 11.2. The lowest BCUT2D eigenvalue weighted by Crippen LogP contribution is -2.10. The molecule has 3 N–H and O–H groups in total. The molecule has 148 valence electrons. The largest absolute Gasteiger partial charge is 0.488 e. The van der Waals surface area contributed by atoms with E-state index in [4.69, 9.17) is 10.5 Å². The fourth-order valence-electron chi connectivity index (χ4n) is 2.98. The number of benzene rings is 3. The van der Waals surface area contributed by atoms with Crippen molar-refractivity contribution in [3.05, 3.63) is 102 Å². The van der Waals surface area contributed by atoms with Gasteiger partial charge < -0.3 is 15.8 Å². The first kappa shape index (κ1) is 19.1. The molecule has 0 atom stereocenters. The van der Waals surface area contributed by atoms with Crippen LogP contribution in [0.5, 0.6) is 5.75 Å². The van der Waals surface area contributed by atoms with Crippen LogP contribution in [0.3, 0.4) is 0 Å². The third-order valence-electron chi connectivity index (χ3n) is 4.51. The molecule has 0 aliphatic rings. The van der Waals surface area contributed by atoms with E-state index in [1.54, 1.807) is 24.3 Å². The number of anilines is 2. The van der Waals surface area contributed by atoms with E-state index in [1.807, 2.05) is 60.7 Å². The number of hydrogen-bond donors (Lipinski definition) is 2.